The Labute approximate surface area is 89.6 Å². The van der Waals surface area contributed by atoms with Crippen LogP contribution in [0.4, 0.5) is 0 Å². The predicted molar refractivity (Wildman–Crippen MR) is 57.2 cm³/mol. The van der Waals surface area contributed by atoms with Crippen LogP contribution in [0.3, 0.4) is 0 Å². The molecule has 0 heterocycles. The van der Waals surface area contributed by atoms with Crippen LogP contribution in [-0.4, -0.2) is 41.0 Å². The van der Waals surface area contributed by atoms with Crippen LogP contribution in [0.2, 0.25) is 0 Å². The second-order valence-electron chi connectivity index (χ2n) is 3.55. The highest BCUT2D eigenvalue weighted by molar-refractivity contribution is 5.83. The summed E-state index contributed by atoms with van der Waals surface area (Å²) in [7, 11) is 0. The van der Waals surface area contributed by atoms with Gasteiger partial charge in [0.15, 0.2) is 0 Å². The second-order valence-corrected chi connectivity index (χ2v) is 3.55. The van der Waals surface area contributed by atoms with Gasteiger partial charge in [-0.2, -0.15) is 0 Å². The molecule has 0 aliphatic carbocycles. The summed E-state index contributed by atoms with van der Waals surface area (Å²) < 4.78 is 0. The molecule has 86 valence electrons. The number of rotatable bonds is 6. The van der Waals surface area contributed by atoms with Crippen molar-refractivity contribution in [2.75, 3.05) is 13.1 Å². The number of carbonyl (C=O) groups excluding carboxylic acids is 1. The van der Waals surface area contributed by atoms with Gasteiger partial charge in [-0.1, -0.05) is 13.0 Å². The van der Waals surface area contributed by atoms with E-state index in [0.29, 0.717) is 0 Å². The lowest BCUT2D eigenvalue weighted by molar-refractivity contribution is -0.145. The van der Waals surface area contributed by atoms with Gasteiger partial charge in [-0.05, 0) is 6.92 Å². The fourth-order valence-corrected chi connectivity index (χ4v) is 1.06. The number of carboxylic acids is 1. The van der Waals surface area contributed by atoms with Crippen LogP contribution in [0, 0.1) is 5.92 Å². The first kappa shape index (κ1) is 13.6. The van der Waals surface area contributed by atoms with Crippen LogP contribution in [0.25, 0.3) is 0 Å². The summed E-state index contributed by atoms with van der Waals surface area (Å²) in [4.78, 5) is 23.5. The molecule has 3 N–H and O–H groups in total. The molecule has 0 aromatic carbocycles. The van der Waals surface area contributed by atoms with Gasteiger partial charge in [0.25, 0.3) is 0 Å². The van der Waals surface area contributed by atoms with Crippen molar-refractivity contribution in [3.05, 3.63) is 12.7 Å². The summed E-state index contributed by atoms with van der Waals surface area (Å²) in [6, 6.07) is -0.293. The maximum Gasteiger partial charge on any atom is 0.323 e. The zero-order chi connectivity index (χ0) is 12.0. The molecule has 2 unspecified atom stereocenters. The van der Waals surface area contributed by atoms with Crippen molar-refractivity contribution in [3.8, 4) is 0 Å². The maximum absolute atomic E-state index is 11.7. The number of amides is 1. The van der Waals surface area contributed by atoms with Crippen molar-refractivity contribution < 1.29 is 14.7 Å². The van der Waals surface area contributed by atoms with Crippen molar-refractivity contribution in [2.45, 2.75) is 19.9 Å². The predicted octanol–water partition coefficient (Wildman–Crippen LogP) is 0.0689. The quantitative estimate of drug-likeness (QED) is 0.613. The minimum Gasteiger partial charge on any atom is -0.480 e. The van der Waals surface area contributed by atoms with E-state index in [1.165, 1.54) is 11.0 Å². The zero-order valence-electron chi connectivity index (χ0n) is 9.14. The molecular formula is C10H18N2O3. The number of carboxylic acid groups (broad SMARTS) is 1. The van der Waals surface area contributed by atoms with E-state index >= 15 is 0 Å². The third-order valence-corrected chi connectivity index (χ3v) is 2.17. The van der Waals surface area contributed by atoms with E-state index in [1.807, 2.05) is 0 Å². The van der Waals surface area contributed by atoms with Gasteiger partial charge in [0.2, 0.25) is 5.91 Å². The van der Waals surface area contributed by atoms with E-state index in [1.54, 1.807) is 13.8 Å². The van der Waals surface area contributed by atoms with Crippen LogP contribution in [0.15, 0.2) is 12.7 Å². The molecule has 0 aromatic rings. The van der Waals surface area contributed by atoms with E-state index in [2.05, 4.69) is 6.58 Å². The van der Waals surface area contributed by atoms with Gasteiger partial charge in [-0.15, -0.1) is 6.58 Å². The van der Waals surface area contributed by atoms with Crippen LogP contribution < -0.4 is 5.73 Å². The summed E-state index contributed by atoms with van der Waals surface area (Å²) in [6.45, 7) is 6.79. The first-order valence-electron chi connectivity index (χ1n) is 4.77. The van der Waals surface area contributed by atoms with Crippen LogP contribution in [0.5, 0.6) is 0 Å². The number of nitrogens with two attached hydrogens (primary N) is 1. The Hall–Kier alpha value is -1.36. The molecule has 0 saturated carbocycles. The molecule has 0 aromatic heterocycles. The normalized spacial score (nSPS) is 14.1. The van der Waals surface area contributed by atoms with Crippen molar-refractivity contribution in [2.24, 2.45) is 11.7 Å². The van der Waals surface area contributed by atoms with Gasteiger partial charge in [-0.25, -0.2) is 0 Å². The average Bonchev–Trinajstić information content (AvgIpc) is 2.14. The molecule has 15 heavy (non-hydrogen) atoms. The maximum atomic E-state index is 11.7. The monoisotopic (exact) mass is 214 g/mol. The van der Waals surface area contributed by atoms with Crippen molar-refractivity contribution in [3.63, 3.8) is 0 Å². The summed E-state index contributed by atoms with van der Waals surface area (Å²) in [6.07, 6.45) is 1.49. The lowest BCUT2D eigenvalue weighted by Gasteiger charge is -2.24. The highest BCUT2D eigenvalue weighted by Gasteiger charge is 2.23. The highest BCUT2D eigenvalue weighted by atomic mass is 16.4. The summed E-state index contributed by atoms with van der Waals surface area (Å²) in [5.74, 6) is -1.68. The van der Waals surface area contributed by atoms with Crippen LogP contribution in [-0.2, 0) is 9.59 Å². The average molecular weight is 214 g/mol. The van der Waals surface area contributed by atoms with E-state index in [9.17, 15) is 9.59 Å². The second kappa shape index (κ2) is 6.19. The molecule has 0 bridgehead atoms. The zero-order valence-corrected chi connectivity index (χ0v) is 9.14. The lowest BCUT2D eigenvalue weighted by atomic mass is 10.0. The third-order valence-electron chi connectivity index (χ3n) is 2.17. The molecule has 0 radical (unpaired) electrons. The van der Waals surface area contributed by atoms with E-state index in [-0.39, 0.29) is 31.0 Å². The number of hydrogen-bond donors (Lipinski definition) is 2. The summed E-state index contributed by atoms with van der Waals surface area (Å²) >= 11 is 0. The molecule has 2 atom stereocenters. The molecule has 0 fully saturated rings. The molecule has 5 nitrogen and oxygen atoms in total. The van der Waals surface area contributed by atoms with Gasteiger partial charge < -0.3 is 15.7 Å². The fourth-order valence-electron chi connectivity index (χ4n) is 1.06. The van der Waals surface area contributed by atoms with Gasteiger partial charge in [0, 0.05) is 12.6 Å². The molecular weight excluding hydrogens is 196 g/mol. The first-order chi connectivity index (χ1) is 6.90. The number of nitrogens with zero attached hydrogens (tertiary/aromatic N) is 1. The lowest BCUT2D eigenvalue weighted by Crippen LogP contribution is -2.43. The van der Waals surface area contributed by atoms with Crippen molar-refractivity contribution in [1.29, 1.82) is 0 Å². The molecule has 0 spiro atoms. The number of carbonyl (C=O) groups is 2. The summed E-state index contributed by atoms with van der Waals surface area (Å²) in [5, 5.41) is 8.62. The molecule has 0 saturated heterocycles. The Bertz CT molecular complexity index is 251. The fraction of sp³-hybridized carbons (Fsp3) is 0.600. The molecule has 0 aliphatic rings. The van der Waals surface area contributed by atoms with Gasteiger partial charge in [-0.3, -0.25) is 9.59 Å². The van der Waals surface area contributed by atoms with Gasteiger partial charge in [0.05, 0.1) is 5.92 Å². The van der Waals surface area contributed by atoms with E-state index in [0.717, 1.165) is 0 Å². The number of hydrogen-bond acceptors (Lipinski definition) is 3. The largest absolute Gasteiger partial charge is 0.480 e. The highest BCUT2D eigenvalue weighted by Crippen LogP contribution is 2.06. The van der Waals surface area contributed by atoms with Gasteiger partial charge >= 0.3 is 5.97 Å². The smallest absolute Gasteiger partial charge is 0.323 e. The van der Waals surface area contributed by atoms with E-state index in [4.69, 9.17) is 10.8 Å². The molecule has 1 amide bonds. The van der Waals surface area contributed by atoms with Gasteiger partial charge in [0.1, 0.15) is 6.54 Å². The Morgan fingerprint density at radius 2 is 2.07 bits per heavy atom. The Morgan fingerprint density at radius 1 is 1.53 bits per heavy atom. The minimum atomic E-state index is -1.04. The van der Waals surface area contributed by atoms with E-state index < -0.39 is 5.97 Å². The standard InChI is InChI=1S/C10H18N2O3/c1-4-5-12(6-9(13)14)10(15)7(2)8(3)11/h4,7-8H,1,5-6,11H2,2-3H3,(H,13,14). The topological polar surface area (TPSA) is 83.6 Å². The van der Waals surface area contributed by atoms with Crippen molar-refractivity contribution >= 4 is 11.9 Å². The molecule has 0 rings (SSSR count). The molecule has 5 heteroatoms. The Kier molecular flexibility index (Phi) is 5.62. The Balaban J connectivity index is 4.53. The minimum absolute atomic E-state index is 0.224. The van der Waals surface area contributed by atoms with Crippen LogP contribution >= 0.6 is 0 Å². The summed E-state index contributed by atoms with van der Waals surface area (Å²) in [5.41, 5.74) is 5.58. The van der Waals surface area contributed by atoms with Crippen molar-refractivity contribution in [1.82, 2.24) is 4.90 Å². The first-order valence-corrected chi connectivity index (χ1v) is 4.77. The van der Waals surface area contributed by atoms with Crippen LogP contribution in [0.1, 0.15) is 13.8 Å². The molecule has 0 aliphatic heterocycles. The Morgan fingerprint density at radius 3 is 2.40 bits per heavy atom. The SMILES string of the molecule is C=CCN(CC(=O)O)C(=O)C(C)C(C)N. The third kappa shape index (κ3) is 4.60. The number of aliphatic carboxylic acids is 1.